The zero-order valence-corrected chi connectivity index (χ0v) is 14.9. The van der Waals surface area contributed by atoms with Crippen LogP contribution >= 0.6 is 0 Å². The third kappa shape index (κ3) is 4.84. The smallest absolute Gasteiger partial charge is 0.338 e. The number of carbonyl (C=O) groups excluding carboxylic acids is 3. The lowest BCUT2D eigenvalue weighted by atomic mass is 10.0. The molecule has 0 bridgehead atoms. The van der Waals surface area contributed by atoms with Gasteiger partial charge < -0.3 is 20.1 Å². The van der Waals surface area contributed by atoms with Gasteiger partial charge in [0.15, 0.2) is 6.61 Å². The zero-order chi connectivity index (χ0) is 19.2. The number of anilines is 1. The van der Waals surface area contributed by atoms with Crippen molar-refractivity contribution in [3.63, 3.8) is 0 Å². The first-order valence-corrected chi connectivity index (χ1v) is 8.59. The highest BCUT2D eigenvalue weighted by Crippen LogP contribution is 2.31. The number of esters is 1. The number of carbonyl (C=O) groups is 3. The van der Waals surface area contributed by atoms with E-state index in [1.807, 2.05) is 24.3 Å². The number of hydrogen-bond donors (Lipinski definition) is 2. The second-order valence-corrected chi connectivity index (χ2v) is 6.13. The predicted octanol–water partition coefficient (Wildman–Crippen LogP) is 2.44. The van der Waals surface area contributed by atoms with E-state index in [0.717, 1.165) is 11.3 Å². The van der Waals surface area contributed by atoms with Crippen molar-refractivity contribution in [3.05, 3.63) is 59.7 Å². The Bertz CT molecular complexity index is 865. The number of ether oxygens (including phenoxy) is 2. The molecule has 0 saturated carbocycles. The van der Waals surface area contributed by atoms with Gasteiger partial charge in [-0.3, -0.25) is 9.59 Å². The lowest BCUT2D eigenvalue weighted by molar-refractivity contribution is -0.125. The van der Waals surface area contributed by atoms with Gasteiger partial charge in [-0.1, -0.05) is 24.3 Å². The van der Waals surface area contributed by atoms with Crippen LogP contribution in [0.1, 0.15) is 35.3 Å². The molecule has 27 heavy (non-hydrogen) atoms. The van der Waals surface area contributed by atoms with Crippen molar-refractivity contribution < 1.29 is 23.9 Å². The highest BCUT2D eigenvalue weighted by molar-refractivity contribution is 5.94. The second kappa shape index (κ2) is 8.35. The maximum atomic E-state index is 12.2. The molecule has 3 rings (SSSR count). The minimum atomic E-state index is -0.635. The fourth-order valence-corrected chi connectivity index (χ4v) is 2.87. The molecule has 0 fully saturated rings. The van der Waals surface area contributed by atoms with Crippen LogP contribution in [0.15, 0.2) is 48.5 Å². The van der Waals surface area contributed by atoms with Crippen LogP contribution in [0, 0.1) is 0 Å². The molecule has 0 aliphatic carbocycles. The Morgan fingerprint density at radius 3 is 2.78 bits per heavy atom. The van der Waals surface area contributed by atoms with E-state index < -0.39 is 5.97 Å². The average molecular weight is 368 g/mol. The molecule has 1 aliphatic heterocycles. The Hall–Kier alpha value is -3.35. The molecule has 1 aliphatic rings. The summed E-state index contributed by atoms with van der Waals surface area (Å²) in [6.45, 7) is 1.50. The number of benzene rings is 2. The van der Waals surface area contributed by atoms with Crippen LogP contribution in [0.3, 0.4) is 0 Å². The number of para-hydroxylation sites is 1. The third-order valence-corrected chi connectivity index (χ3v) is 4.05. The van der Waals surface area contributed by atoms with Crippen LogP contribution in [-0.2, 0) is 14.3 Å². The minimum absolute atomic E-state index is 0.177. The number of nitrogens with one attached hydrogen (secondary N) is 2. The molecule has 0 unspecified atom stereocenters. The summed E-state index contributed by atoms with van der Waals surface area (Å²) in [6.07, 6.45) is 0.648. The van der Waals surface area contributed by atoms with E-state index in [1.165, 1.54) is 13.0 Å². The minimum Gasteiger partial charge on any atom is -0.493 e. The van der Waals surface area contributed by atoms with Gasteiger partial charge in [-0.25, -0.2) is 4.79 Å². The van der Waals surface area contributed by atoms with Crippen LogP contribution in [0.5, 0.6) is 5.75 Å². The predicted molar refractivity (Wildman–Crippen MR) is 98.5 cm³/mol. The molecule has 2 N–H and O–H groups in total. The SMILES string of the molecule is CC(=O)Nc1cccc(C(=O)OCC(=O)N[C@@H]2CCOc3ccccc32)c1. The van der Waals surface area contributed by atoms with E-state index >= 15 is 0 Å². The molecule has 1 heterocycles. The lowest BCUT2D eigenvalue weighted by Gasteiger charge is -2.26. The van der Waals surface area contributed by atoms with Crippen LogP contribution in [0.4, 0.5) is 5.69 Å². The molecular formula is C20H20N2O5. The van der Waals surface area contributed by atoms with E-state index in [1.54, 1.807) is 18.2 Å². The van der Waals surface area contributed by atoms with Crippen LogP contribution in [0.25, 0.3) is 0 Å². The van der Waals surface area contributed by atoms with Crippen molar-refractivity contribution in [1.29, 1.82) is 0 Å². The van der Waals surface area contributed by atoms with Crippen molar-refractivity contribution in [3.8, 4) is 5.75 Å². The largest absolute Gasteiger partial charge is 0.493 e. The topological polar surface area (TPSA) is 93.7 Å². The van der Waals surface area contributed by atoms with E-state index in [4.69, 9.17) is 9.47 Å². The third-order valence-electron chi connectivity index (χ3n) is 4.05. The normalized spacial score (nSPS) is 15.1. The molecule has 140 valence electrons. The van der Waals surface area contributed by atoms with Crippen molar-refractivity contribution >= 4 is 23.5 Å². The van der Waals surface area contributed by atoms with Gasteiger partial charge in [0.2, 0.25) is 5.91 Å². The van der Waals surface area contributed by atoms with E-state index in [0.29, 0.717) is 18.7 Å². The van der Waals surface area contributed by atoms with E-state index in [2.05, 4.69) is 10.6 Å². The van der Waals surface area contributed by atoms with E-state index in [9.17, 15) is 14.4 Å². The maximum absolute atomic E-state index is 12.2. The highest BCUT2D eigenvalue weighted by Gasteiger charge is 2.23. The summed E-state index contributed by atoms with van der Waals surface area (Å²) in [4.78, 5) is 35.4. The molecule has 2 aromatic rings. The number of fused-ring (bicyclic) bond motifs is 1. The molecule has 1 atom stereocenters. The number of amides is 2. The first-order valence-electron chi connectivity index (χ1n) is 8.59. The van der Waals surface area contributed by atoms with Crippen LogP contribution in [-0.4, -0.2) is 31.0 Å². The van der Waals surface area contributed by atoms with E-state index in [-0.39, 0.29) is 30.0 Å². The first-order chi connectivity index (χ1) is 13.0. The van der Waals surface area contributed by atoms with Gasteiger partial charge in [-0.2, -0.15) is 0 Å². The lowest BCUT2D eigenvalue weighted by Crippen LogP contribution is -2.35. The second-order valence-electron chi connectivity index (χ2n) is 6.13. The zero-order valence-electron chi connectivity index (χ0n) is 14.9. The summed E-state index contributed by atoms with van der Waals surface area (Å²) in [5.41, 5.74) is 1.65. The molecule has 7 nitrogen and oxygen atoms in total. The Kier molecular flexibility index (Phi) is 5.71. The summed E-state index contributed by atoms with van der Waals surface area (Å²) >= 11 is 0. The van der Waals surface area contributed by atoms with Gasteiger partial charge >= 0.3 is 5.97 Å². The monoisotopic (exact) mass is 368 g/mol. The fraction of sp³-hybridized carbons (Fsp3) is 0.250. The molecular weight excluding hydrogens is 348 g/mol. The van der Waals surface area contributed by atoms with Gasteiger partial charge in [-0.15, -0.1) is 0 Å². The Morgan fingerprint density at radius 2 is 1.96 bits per heavy atom. The van der Waals surface area contributed by atoms with Gasteiger partial charge in [0.25, 0.3) is 5.91 Å². The van der Waals surface area contributed by atoms with Gasteiger partial charge in [0, 0.05) is 24.6 Å². The van der Waals surface area contributed by atoms with Gasteiger partial charge in [0.1, 0.15) is 5.75 Å². The Labute approximate surface area is 156 Å². The molecule has 7 heteroatoms. The molecule has 0 saturated heterocycles. The Balaban J connectivity index is 1.55. The fourth-order valence-electron chi connectivity index (χ4n) is 2.87. The number of hydrogen-bond acceptors (Lipinski definition) is 5. The molecule has 0 spiro atoms. The van der Waals surface area contributed by atoms with Crippen molar-refractivity contribution in [1.82, 2.24) is 5.32 Å². The van der Waals surface area contributed by atoms with Crippen molar-refractivity contribution in [2.24, 2.45) is 0 Å². The van der Waals surface area contributed by atoms with Crippen molar-refractivity contribution in [2.75, 3.05) is 18.5 Å². The summed E-state index contributed by atoms with van der Waals surface area (Å²) in [5.74, 6) is -0.509. The quantitative estimate of drug-likeness (QED) is 0.791. The first kappa shape index (κ1) is 18.4. The highest BCUT2D eigenvalue weighted by atomic mass is 16.5. The number of rotatable bonds is 5. The average Bonchev–Trinajstić information content (AvgIpc) is 2.66. The molecule has 0 radical (unpaired) electrons. The Morgan fingerprint density at radius 1 is 1.15 bits per heavy atom. The van der Waals surface area contributed by atoms with Gasteiger partial charge in [-0.05, 0) is 24.3 Å². The molecule has 0 aromatic heterocycles. The van der Waals surface area contributed by atoms with Gasteiger partial charge in [0.05, 0.1) is 18.2 Å². The summed E-state index contributed by atoms with van der Waals surface area (Å²) in [6, 6.07) is 13.7. The molecule has 2 amide bonds. The maximum Gasteiger partial charge on any atom is 0.338 e. The summed E-state index contributed by atoms with van der Waals surface area (Å²) in [5, 5.41) is 5.46. The van der Waals surface area contributed by atoms with Crippen LogP contribution in [0.2, 0.25) is 0 Å². The molecule has 2 aromatic carbocycles. The van der Waals surface area contributed by atoms with Crippen molar-refractivity contribution in [2.45, 2.75) is 19.4 Å². The standard InChI is InChI=1S/C20H20N2O5/c1-13(23)21-15-6-4-5-14(11-15)20(25)27-12-19(24)22-17-9-10-26-18-8-3-2-7-16(17)18/h2-8,11,17H,9-10,12H2,1H3,(H,21,23)(H,22,24)/t17-/m1/s1. The van der Waals surface area contributed by atoms with Crippen LogP contribution < -0.4 is 15.4 Å². The summed E-state index contributed by atoms with van der Waals surface area (Å²) in [7, 11) is 0. The summed E-state index contributed by atoms with van der Waals surface area (Å²) < 4.78 is 10.6.